The third-order valence-electron chi connectivity index (χ3n) is 5.50. The topological polar surface area (TPSA) is 86.8 Å². The quantitative estimate of drug-likeness (QED) is 0.397. The van der Waals surface area contributed by atoms with Crippen molar-refractivity contribution >= 4 is 50.7 Å². The van der Waals surface area contributed by atoms with Crippen LogP contribution in [0.4, 0.5) is 5.69 Å². The van der Waals surface area contributed by atoms with Crippen LogP contribution in [-0.4, -0.2) is 44.3 Å². The van der Waals surface area contributed by atoms with E-state index in [2.05, 4.69) is 5.32 Å². The minimum absolute atomic E-state index is 0.0137. The molecule has 0 unspecified atom stereocenters. The van der Waals surface area contributed by atoms with Crippen LogP contribution >= 0.6 is 23.2 Å². The van der Waals surface area contributed by atoms with Crippen molar-refractivity contribution < 1.29 is 18.0 Å². The Labute approximate surface area is 221 Å². The van der Waals surface area contributed by atoms with Gasteiger partial charge in [-0.25, -0.2) is 8.42 Å². The van der Waals surface area contributed by atoms with E-state index in [0.717, 1.165) is 9.87 Å². The summed E-state index contributed by atoms with van der Waals surface area (Å²) < 4.78 is 28.3. The van der Waals surface area contributed by atoms with Crippen LogP contribution in [0.15, 0.2) is 83.8 Å². The van der Waals surface area contributed by atoms with Crippen molar-refractivity contribution in [3.8, 4) is 0 Å². The molecule has 0 aliphatic rings. The number of halogens is 2. The van der Waals surface area contributed by atoms with Crippen LogP contribution in [0.1, 0.15) is 19.4 Å². The van der Waals surface area contributed by atoms with Gasteiger partial charge in [0.05, 0.1) is 15.6 Å². The smallest absolute Gasteiger partial charge is 0.264 e. The molecule has 2 amide bonds. The second-order valence-corrected chi connectivity index (χ2v) is 10.7. The van der Waals surface area contributed by atoms with Crippen LogP contribution in [0, 0.1) is 0 Å². The van der Waals surface area contributed by atoms with Crippen LogP contribution < -0.4 is 9.62 Å². The molecule has 0 radical (unpaired) electrons. The maximum absolute atomic E-state index is 13.7. The molecule has 0 saturated carbocycles. The summed E-state index contributed by atoms with van der Waals surface area (Å²) in [6.45, 7) is 3.30. The highest BCUT2D eigenvalue weighted by molar-refractivity contribution is 7.92. The van der Waals surface area contributed by atoms with Gasteiger partial charge < -0.3 is 10.2 Å². The summed E-state index contributed by atoms with van der Waals surface area (Å²) in [5.41, 5.74) is 0.854. The van der Waals surface area contributed by atoms with E-state index in [1.165, 1.54) is 35.2 Å². The first-order valence-electron chi connectivity index (χ1n) is 11.3. The average Bonchev–Trinajstić information content (AvgIpc) is 2.88. The lowest BCUT2D eigenvalue weighted by Gasteiger charge is -2.32. The maximum Gasteiger partial charge on any atom is 0.264 e. The molecule has 0 saturated heterocycles. The SMILES string of the molecule is CCNC(=O)[C@@H](C)N(Cc1ccccc1)C(=O)CN(c1cc(Cl)ccc1Cl)S(=O)(=O)c1ccccc1. The van der Waals surface area contributed by atoms with E-state index >= 15 is 0 Å². The second-order valence-electron chi connectivity index (χ2n) is 8.00. The van der Waals surface area contributed by atoms with Gasteiger partial charge in [0.15, 0.2) is 0 Å². The third kappa shape index (κ3) is 6.57. The van der Waals surface area contributed by atoms with Crippen molar-refractivity contribution in [1.29, 1.82) is 0 Å². The van der Waals surface area contributed by atoms with E-state index in [-0.39, 0.29) is 33.1 Å². The van der Waals surface area contributed by atoms with E-state index in [9.17, 15) is 18.0 Å². The van der Waals surface area contributed by atoms with Crippen molar-refractivity contribution in [3.05, 3.63) is 94.5 Å². The number of amides is 2. The average molecular weight is 548 g/mol. The summed E-state index contributed by atoms with van der Waals surface area (Å²) in [5, 5.41) is 3.09. The molecule has 0 fully saturated rings. The van der Waals surface area contributed by atoms with Crippen molar-refractivity contribution in [2.45, 2.75) is 31.3 Å². The zero-order chi connectivity index (χ0) is 26.3. The van der Waals surface area contributed by atoms with E-state index in [1.807, 2.05) is 30.3 Å². The highest BCUT2D eigenvalue weighted by Gasteiger charge is 2.33. The monoisotopic (exact) mass is 547 g/mol. The van der Waals surface area contributed by atoms with E-state index in [4.69, 9.17) is 23.2 Å². The van der Waals surface area contributed by atoms with Gasteiger partial charge in [0.25, 0.3) is 10.0 Å². The lowest BCUT2D eigenvalue weighted by Crippen LogP contribution is -2.51. The predicted molar refractivity (Wildman–Crippen MR) is 143 cm³/mol. The molecule has 3 aromatic carbocycles. The zero-order valence-electron chi connectivity index (χ0n) is 19.9. The molecule has 1 N–H and O–H groups in total. The summed E-state index contributed by atoms with van der Waals surface area (Å²) >= 11 is 12.5. The third-order valence-corrected chi connectivity index (χ3v) is 7.83. The molecule has 0 aliphatic heterocycles. The first-order valence-corrected chi connectivity index (χ1v) is 13.5. The number of rotatable bonds is 10. The largest absolute Gasteiger partial charge is 0.355 e. The Balaban J connectivity index is 2.05. The summed E-state index contributed by atoms with van der Waals surface area (Å²) in [5.74, 6) is -0.923. The number of likely N-dealkylation sites (N-methyl/N-ethyl adjacent to an activating group) is 1. The number of benzene rings is 3. The van der Waals surface area contributed by atoms with E-state index in [1.54, 1.807) is 32.0 Å². The summed E-state index contributed by atoms with van der Waals surface area (Å²) in [6, 6.07) is 20.4. The molecule has 10 heteroatoms. The van der Waals surface area contributed by atoms with Gasteiger partial charge in [-0.2, -0.15) is 0 Å². The number of carbonyl (C=O) groups excluding carboxylic acids is 2. The molecule has 0 spiro atoms. The van der Waals surface area contributed by atoms with Gasteiger partial charge in [-0.3, -0.25) is 13.9 Å². The minimum atomic E-state index is -4.21. The van der Waals surface area contributed by atoms with Gasteiger partial charge in [0.2, 0.25) is 11.8 Å². The van der Waals surface area contributed by atoms with Gasteiger partial charge in [-0.1, -0.05) is 71.7 Å². The van der Waals surface area contributed by atoms with Crippen LogP contribution in [0.2, 0.25) is 10.0 Å². The van der Waals surface area contributed by atoms with Gasteiger partial charge in [-0.15, -0.1) is 0 Å². The normalized spacial score (nSPS) is 12.0. The number of hydrogen-bond donors (Lipinski definition) is 1. The van der Waals surface area contributed by atoms with E-state index in [0.29, 0.717) is 6.54 Å². The lowest BCUT2D eigenvalue weighted by atomic mass is 10.1. The van der Waals surface area contributed by atoms with Gasteiger partial charge in [-0.05, 0) is 49.7 Å². The molecule has 3 aromatic rings. The fourth-order valence-corrected chi connectivity index (χ4v) is 5.48. The number of carbonyl (C=O) groups is 2. The Morgan fingerprint density at radius 2 is 1.56 bits per heavy atom. The van der Waals surface area contributed by atoms with Crippen molar-refractivity contribution in [2.75, 3.05) is 17.4 Å². The van der Waals surface area contributed by atoms with Gasteiger partial charge in [0.1, 0.15) is 12.6 Å². The predicted octanol–water partition coefficient (Wildman–Crippen LogP) is 4.74. The maximum atomic E-state index is 13.7. The fraction of sp³-hybridized carbons (Fsp3) is 0.231. The number of nitrogens with one attached hydrogen (secondary N) is 1. The Morgan fingerprint density at radius 1 is 0.944 bits per heavy atom. The van der Waals surface area contributed by atoms with Crippen molar-refractivity contribution in [3.63, 3.8) is 0 Å². The van der Waals surface area contributed by atoms with Gasteiger partial charge in [0, 0.05) is 18.1 Å². The van der Waals surface area contributed by atoms with Crippen LogP contribution in [0.3, 0.4) is 0 Å². The first-order chi connectivity index (χ1) is 17.1. The molecule has 0 aromatic heterocycles. The van der Waals surface area contributed by atoms with Crippen molar-refractivity contribution in [1.82, 2.24) is 10.2 Å². The van der Waals surface area contributed by atoms with Gasteiger partial charge >= 0.3 is 0 Å². The highest BCUT2D eigenvalue weighted by Crippen LogP contribution is 2.33. The zero-order valence-corrected chi connectivity index (χ0v) is 22.2. The van der Waals surface area contributed by atoms with Crippen LogP contribution in [0.5, 0.6) is 0 Å². The molecule has 0 bridgehead atoms. The Morgan fingerprint density at radius 3 is 2.17 bits per heavy atom. The molecule has 3 rings (SSSR count). The summed E-state index contributed by atoms with van der Waals surface area (Å²) in [7, 11) is -4.21. The number of sulfonamides is 1. The van der Waals surface area contributed by atoms with E-state index < -0.39 is 28.5 Å². The Bertz CT molecular complexity index is 1310. The molecular formula is C26H27Cl2N3O4S. The highest BCUT2D eigenvalue weighted by atomic mass is 35.5. The molecule has 190 valence electrons. The number of hydrogen-bond acceptors (Lipinski definition) is 4. The molecule has 7 nitrogen and oxygen atoms in total. The molecule has 36 heavy (non-hydrogen) atoms. The standard InChI is InChI=1S/C26H27Cl2N3O4S/c1-3-29-26(33)19(2)30(17-20-10-6-4-7-11-20)25(32)18-31(24-16-21(27)14-15-23(24)28)36(34,35)22-12-8-5-9-13-22/h4-16,19H,3,17-18H2,1-2H3,(H,29,33)/t19-/m1/s1. The van der Waals surface area contributed by atoms with Crippen LogP contribution in [-0.2, 0) is 26.2 Å². The molecule has 1 atom stereocenters. The fourth-order valence-electron chi connectivity index (χ4n) is 3.59. The molecular weight excluding hydrogens is 521 g/mol. The summed E-state index contributed by atoms with van der Waals surface area (Å²) in [4.78, 5) is 27.7. The first kappa shape index (κ1) is 27.5. The minimum Gasteiger partial charge on any atom is -0.355 e. The summed E-state index contributed by atoms with van der Waals surface area (Å²) in [6.07, 6.45) is 0. The molecule has 0 aliphatic carbocycles. The second kappa shape index (κ2) is 12.3. The molecule has 0 heterocycles. The van der Waals surface area contributed by atoms with Crippen molar-refractivity contribution in [2.24, 2.45) is 0 Å². The Kier molecular flexibility index (Phi) is 9.37. The Hall–Kier alpha value is -3.07. The lowest BCUT2D eigenvalue weighted by molar-refractivity contribution is -0.139. The number of nitrogens with zero attached hydrogens (tertiary/aromatic N) is 2. The number of anilines is 1. The van der Waals surface area contributed by atoms with Crippen LogP contribution in [0.25, 0.3) is 0 Å².